The monoisotopic (exact) mass is 137 g/mol. The maximum atomic E-state index is 11.1. The molecule has 52 valence electrons. The number of amides is 1. The molecule has 2 saturated carbocycles. The lowest BCUT2D eigenvalue weighted by molar-refractivity contribution is -0.121. The summed E-state index contributed by atoms with van der Waals surface area (Å²) in [5, 5.41) is 2.97. The minimum Gasteiger partial charge on any atom is -0.367 e. The van der Waals surface area contributed by atoms with Crippen LogP contribution in [-0.2, 0) is 9.53 Å². The second-order valence-corrected chi connectivity index (χ2v) is 3.78. The lowest BCUT2D eigenvalue weighted by Gasteiger charge is -2.06. The van der Waals surface area contributed by atoms with Crippen molar-refractivity contribution in [2.75, 3.05) is 0 Å². The summed E-state index contributed by atoms with van der Waals surface area (Å²) in [6.07, 6.45) is 0.886. The predicted molar refractivity (Wildman–Crippen MR) is 31.1 cm³/mol. The summed E-state index contributed by atoms with van der Waals surface area (Å²) in [7, 11) is 0. The standard InChI is InChI=1S/C7H7NO2/c9-7-3-1-2(3)5-6(10-5)4(1)8-7/h1-6H,(H,8,9). The van der Waals surface area contributed by atoms with Crippen molar-refractivity contribution < 1.29 is 9.53 Å². The van der Waals surface area contributed by atoms with Crippen LogP contribution >= 0.6 is 0 Å². The van der Waals surface area contributed by atoms with Crippen LogP contribution in [0.15, 0.2) is 0 Å². The van der Waals surface area contributed by atoms with E-state index in [4.69, 9.17) is 4.74 Å². The van der Waals surface area contributed by atoms with Crippen molar-refractivity contribution in [1.82, 2.24) is 5.32 Å². The Morgan fingerprint density at radius 3 is 2.90 bits per heavy atom. The van der Waals surface area contributed by atoms with E-state index in [1.54, 1.807) is 0 Å². The van der Waals surface area contributed by atoms with Gasteiger partial charge in [0.2, 0.25) is 5.91 Å². The zero-order valence-corrected chi connectivity index (χ0v) is 5.28. The number of carbonyl (C=O) groups is 1. The third kappa shape index (κ3) is 0.245. The molecule has 2 heterocycles. The largest absolute Gasteiger partial charge is 0.367 e. The quantitative estimate of drug-likeness (QED) is 0.441. The number of hydrogen-bond acceptors (Lipinski definition) is 2. The van der Waals surface area contributed by atoms with Gasteiger partial charge in [-0.25, -0.2) is 0 Å². The molecular formula is C7H7NO2. The molecule has 0 bridgehead atoms. The van der Waals surface area contributed by atoms with Gasteiger partial charge in [-0.15, -0.1) is 0 Å². The van der Waals surface area contributed by atoms with Crippen molar-refractivity contribution in [3.8, 4) is 0 Å². The van der Waals surface area contributed by atoms with Crippen LogP contribution in [0.5, 0.6) is 0 Å². The highest BCUT2D eigenvalue weighted by Crippen LogP contribution is 2.68. The molecule has 0 aromatic heterocycles. The molecule has 6 atom stereocenters. The molecule has 0 aromatic rings. The Bertz CT molecular complexity index is 246. The van der Waals surface area contributed by atoms with E-state index in [9.17, 15) is 4.79 Å². The van der Waals surface area contributed by atoms with Crippen LogP contribution in [0.25, 0.3) is 0 Å². The highest BCUT2D eigenvalue weighted by Gasteiger charge is 2.80. The summed E-state index contributed by atoms with van der Waals surface area (Å²) in [6.45, 7) is 0. The lowest BCUT2D eigenvalue weighted by atomic mass is 10.1. The molecule has 2 saturated heterocycles. The number of ether oxygens (including phenoxy) is 1. The molecule has 4 rings (SSSR count). The number of epoxide rings is 1. The summed E-state index contributed by atoms with van der Waals surface area (Å²) in [5.41, 5.74) is 0. The molecule has 0 spiro atoms. The first-order valence-electron chi connectivity index (χ1n) is 3.84. The van der Waals surface area contributed by atoms with Gasteiger partial charge >= 0.3 is 0 Å². The van der Waals surface area contributed by atoms with Crippen molar-refractivity contribution in [2.24, 2.45) is 17.8 Å². The molecule has 1 amide bonds. The maximum absolute atomic E-state index is 11.1. The van der Waals surface area contributed by atoms with E-state index in [1.807, 2.05) is 0 Å². The molecule has 4 fully saturated rings. The zero-order chi connectivity index (χ0) is 6.46. The smallest absolute Gasteiger partial charge is 0.224 e. The summed E-state index contributed by atoms with van der Waals surface area (Å²) < 4.78 is 5.37. The second kappa shape index (κ2) is 0.925. The molecule has 10 heavy (non-hydrogen) atoms. The summed E-state index contributed by atoms with van der Waals surface area (Å²) in [5.74, 6) is 1.95. The molecule has 3 nitrogen and oxygen atoms in total. The molecule has 4 aliphatic rings. The third-order valence-electron chi connectivity index (χ3n) is 3.45. The number of piperidine rings is 1. The van der Waals surface area contributed by atoms with E-state index in [-0.39, 0.29) is 5.91 Å². The van der Waals surface area contributed by atoms with Crippen LogP contribution in [0, 0.1) is 17.8 Å². The Kier molecular flexibility index (Phi) is 0.401. The predicted octanol–water partition coefficient (Wildman–Crippen LogP) is -0.872. The van der Waals surface area contributed by atoms with Gasteiger partial charge < -0.3 is 10.1 Å². The van der Waals surface area contributed by atoms with Crippen LogP contribution in [-0.4, -0.2) is 24.2 Å². The highest BCUT2D eigenvalue weighted by atomic mass is 16.6. The molecule has 2 aliphatic carbocycles. The Labute approximate surface area is 57.7 Å². The highest BCUT2D eigenvalue weighted by molar-refractivity contribution is 5.87. The maximum Gasteiger partial charge on any atom is 0.224 e. The molecule has 0 aromatic carbocycles. The summed E-state index contributed by atoms with van der Waals surface area (Å²) >= 11 is 0. The van der Waals surface area contributed by atoms with Gasteiger partial charge in [-0.05, 0) is 5.92 Å². The van der Waals surface area contributed by atoms with Gasteiger partial charge in [-0.2, -0.15) is 0 Å². The first kappa shape index (κ1) is 4.34. The van der Waals surface area contributed by atoms with Gasteiger partial charge in [0.15, 0.2) is 0 Å². The fraction of sp³-hybridized carbons (Fsp3) is 0.857. The zero-order valence-electron chi connectivity index (χ0n) is 5.28. The van der Waals surface area contributed by atoms with Crippen LogP contribution in [0.1, 0.15) is 0 Å². The number of hydrogen-bond donors (Lipinski definition) is 1. The molecule has 1 N–H and O–H groups in total. The van der Waals surface area contributed by atoms with Crippen LogP contribution in [0.2, 0.25) is 0 Å². The molecule has 6 unspecified atom stereocenters. The summed E-state index contributed by atoms with van der Waals surface area (Å²) in [4.78, 5) is 11.1. The van der Waals surface area contributed by atoms with E-state index in [1.165, 1.54) is 0 Å². The first-order chi connectivity index (χ1) is 4.88. The van der Waals surface area contributed by atoms with Gasteiger partial charge in [0.25, 0.3) is 0 Å². The average Bonchev–Trinajstić information content (AvgIpc) is 2.75. The topological polar surface area (TPSA) is 41.6 Å². The molecule has 3 heteroatoms. The minimum atomic E-state index is 0.288. The van der Waals surface area contributed by atoms with Crippen LogP contribution in [0.3, 0.4) is 0 Å². The van der Waals surface area contributed by atoms with Gasteiger partial charge in [0, 0.05) is 11.8 Å². The lowest BCUT2D eigenvalue weighted by Crippen LogP contribution is -2.32. The van der Waals surface area contributed by atoms with Gasteiger partial charge in [-0.1, -0.05) is 0 Å². The normalized spacial score (nSPS) is 72.6. The number of rotatable bonds is 0. The number of carbonyl (C=O) groups excluding carboxylic acids is 1. The SMILES string of the molecule is O=C1NC2C3OC3C3C1C23. The van der Waals surface area contributed by atoms with Crippen molar-refractivity contribution in [3.63, 3.8) is 0 Å². The molecule has 2 aliphatic heterocycles. The molecular weight excluding hydrogens is 130 g/mol. The number of nitrogens with one attached hydrogen (secondary N) is 1. The van der Waals surface area contributed by atoms with Crippen LogP contribution < -0.4 is 5.32 Å². The Morgan fingerprint density at radius 1 is 1.30 bits per heavy atom. The fourth-order valence-corrected chi connectivity index (χ4v) is 2.99. The van der Waals surface area contributed by atoms with Crippen LogP contribution in [0.4, 0.5) is 0 Å². The first-order valence-corrected chi connectivity index (χ1v) is 3.84. The van der Waals surface area contributed by atoms with Crippen molar-refractivity contribution in [2.45, 2.75) is 18.2 Å². The van der Waals surface area contributed by atoms with E-state index >= 15 is 0 Å². The van der Waals surface area contributed by atoms with Crippen molar-refractivity contribution in [1.29, 1.82) is 0 Å². The van der Waals surface area contributed by atoms with E-state index in [0.717, 1.165) is 0 Å². The average molecular weight is 137 g/mol. The third-order valence-corrected chi connectivity index (χ3v) is 3.45. The van der Waals surface area contributed by atoms with Gasteiger partial charge in [-0.3, -0.25) is 4.79 Å². The van der Waals surface area contributed by atoms with E-state index in [0.29, 0.717) is 36.0 Å². The van der Waals surface area contributed by atoms with E-state index < -0.39 is 0 Å². The van der Waals surface area contributed by atoms with Gasteiger partial charge in [0.05, 0.1) is 12.1 Å². The van der Waals surface area contributed by atoms with Gasteiger partial charge in [0.1, 0.15) is 6.10 Å². The fourth-order valence-electron chi connectivity index (χ4n) is 2.99. The number of fused-ring (bicyclic) bond motifs is 4. The Balaban J connectivity index is 1.90. The van der Waals surface area contributed by atoms with Crippen molar-refractivity contribution >= 4 is 5.91 Å². The second-order valence-electron chi connectivity index (χ2n) is 3.78. The Morgan fingerprint density at radius 2 is 2.20 bits per heavy atom. The minimum absolute atomic E-state index is 0.288. The van der Waals surface area contributed by atoms with Crippen molar-refractivity contribution in [3.05, 3.63) is 0 Å². The Hall–Kier alpha value is -0.570. The summed E-state index contributed by atoms with van der Waals surface area (Å²) in [6, 6.07) is 0.410. The molecule has 0 radical (unpaired) electrons. The van der Waals surface area contributed by atoms with E-state index in [2.05, 4.69) is 5.32 Å².